The van der Waals surface area contributed by atoms with Crippen LogP contribution in [0.15, 0.2) is 61.2 Å². The predicted molar refractivity (Wildman–Crippen MR) is 125 cm³/mol. The molecule has 34 heavy (non-hydrogen) atoms. The van der Waals surface area contributed by atoms with E-state index >= 15 is 0 Å². The predicted octanol–water partition coefficient (Wildman–Crippen LogP) is 2.80. The number of pyridine rings is 1. The summed E-state index contributed by atoms with van der Waals surface area (Å²) in [4.78, 5) is 45.6. The van der Waals surface area contributed by atoms with Gasteiger partial charge in [-0.1, -0.05) is 31.2 Å². The van der Waals surface area contributed by atoms with E-state index in [0.29, 0.717) is 25.9 Å². The van der Waals surface area contributed by atoms with E-state index in [4.69, 9.17) is 9.90 Å². The van der Waals surface area contributed by atoms with E-state index in [2.05, 4.69) is 22.2 Å². The van der Waals surface area contributed by atoms with Crippen LogP contribution >= 0.6 is 0 Å². The molecule has 0 radical (unpaired) electrons. The minimum Gasteiger partial charge on any atom is -0.483 e. The van der Waals surface area contributed by atoms with Crippen LogP contribution < -0.4 is 5.32 Å². The number of fused-ring (bicyclic) bond motifs is 2. The van der Waals surface area contributed by atoms with Gasteiger partial charge in [0.25, 0.3) is 6.47 Å². The van der Waals surface area contributed by atoms with E-state index in [9.17, 15) is 9.59 Å². The Morgan fingerprint density at radius 2 is 2.06 bits per heavy atom. The van der Waals surface area contributed by atoms with Gasteiger partial charge >= 0.3 is 0 Å². The summed E-state index contributed by atoms with van der Waals surface area (Å²) in [6.07, 6.45) is 8.95. The van der Waals surface area contributed by atoms with Gasteiger partial charge in [-0.3, -0.25) is 19.4 Å². The molecule has 2 atom stereocenters. The first-order valence-corrected chi connectivity index (χ1v) is 11.2. The number of hydrogen-bond acceptors (Lipinski definition) is 5. The number of aromatic nitrogens is 3. The average Bonchev–Trinajstić information content (AvgIpc) is 3.55. The first kappa shape index (κ1) is 23.2. The van der Waals surface area contributed by atoms with E-state index in [1.807, 2.05) is 52.1 Å². The first-order chi connectivity index (χ1) is 16.6. The summed E-state index contributed by atoms with van der Waals surface area (Å²) < 4.78 is 2.03. The van der Waals surface area contributed by atoms with Crippen LogP contribution in [0.2, 0.25) is 0 Å². The largest absolute Gasteiger partial charge is 0.483 e. The summed E-state index contributed by atoms with van der Waals surface area (Å²) in [7, 11) is 0. The normalized spacial score (nSPS) is 20.4. The first-order valence-electron chi connectivity index (χ1n) is 11.2. The highest BCUT2D eigenvalue weighted by Gasteiger charge is 2.59. The summed E-state index contributed by atoms with van der Waals surface area (Å²) >= 11 is 0. The Kier molecular flexibility index (Phi) is 6.72. The van der Waals surface area contributed by atoms with Crippen LogP contribution in [-0.2, 0) is 32.8 Å². The molecule has 3 aromatic rings. The van der Waals surface area contributed by atoms with E-state index in [1.165, 1.54) is 0 Å². The van der Waals surface area contributed by atoms with Gasteiger partial charge in [-0.05, 0) is 29.7 Å². The molecule has 2 aliphatic heterocycles. The summed E-state index contributed by atoms with van der Waals surface area (Å²) in [5.41, 5.74) is 1.89. The third kappa shape index (κ3) is 3.93. The quantitative estimate of drug-likeness (QED) is 0.564. The highest BCUT2D eigenvalue weighted by atomic mass is 16.3. The molecule has 9 nitrogen and oxygen atoms in total. The van der Waals surface area contributed by atoms with Crippen LogP contribution in [0.25, 0.3) is 0 Å². The second kappa shape index (κ2) is 9.86. The molecule has 4 heterocycles. The third-order valence-corrected chi connectivity index (χ3v) is 6.59. The second-order valence-corrected chi connectivity index (χ2v) is 8.24. The number of nitrogens with one attached hydrogen (secondary N) is 1. The lowest BCUT2D eigenvalue weighted by Crippen LogP contribution is -2.42. The number of carbonyl (C=O) groups excluding carboxylic acids is 2. The fourth-order valence-electron chi connectivity index (χ4n) is 5.17. The van der Waals surface area contributed by atoms with E-state index in [0.717, 1.165) is 29.1 Å². The summed E-state index contributed by atoms with van der Waals surface area (Å²) in [5, 5.41) is 9.94. The lowest BCUT2D eigenvalue weighted by molar-refractivity contribution is -0.133. The van der Waals surface area contributed by atoms with Crippen molar-refractivity contribution in [3.8, 4) is 0 Å². The number of para-hydroxylation sites is 1. The highest BCUT2D eigenvalue weighted by Crippen LogP contribution is 2.54. The lowest BCUT2D eigenvalue weighted by Gasteiger charge is -2.34. The number of imidazole rings is 1. The second-order valence-electron chi connectivity index (χ2n) is 8.24. The van der Waals surface area contributed by atoms with Gasteiger partial charge in [-0.15, -0.1) is 0 Å². The molecular formula is C25H27N5O4. The standard InChI is InChI=1S/C24H25N5O2.CH2O2/c1-2-20-26-12-15-28(20)13-9-21(30)29-14-10-24(22(29)17-6-5-11-25-16-17)18-7-3-4-8-19(18)27-23(24)31;2-1-3/h3-8,11-12,15-16,22H,2,9-10,13-14H2,1H3,(H,27,31);1H,(H,2,3). The molecule has 2 N–H and O–H groups in total. The van der Waals surface area contributed by atoms with Crippen molar-refractivity contribution >= 4 is 24.0 Å². The molecule has 0 saturated carbocycles. The zero-order chi connectivity index (χ0) is 24.1. The Morgan fingerprint density at radius 1 is 1.26 bits per heavy atom. The number of aryl methyl sites for hydroxylation is 2. The van der Waals surface area contributed by atoms with Crippen molar-refractivity contribution in [1.82, 2.24) is 19.4 Å². The molecule has 1 spiro atoms. The van der Waals surface area contributed by atoms with Gasteiger partial charge in [-0.2, -0.15) is 0 Å². The topological polar surface area (TPSA) is 117 Å². The average molecular weight is 462 g/mol. The molecule has 5 rings (SSSR count). The smallest absolute Gasteiger partial charge is 0.290 e. The molecule has 2 unspecified atom stereocenters. The number of rotatable bonds is 5. The number of benzene rings is 1. The molecule has 1 fully saturated rings. The Hall–Kier alpha value is -4.01. The van der Waals surface area contributed by atoms with Crippen molar-refractivity contribution in [3.63, 3.8) is 0 Å². The van der Waals surface area contributed by atoms with Crippen molar-refractivity contribution in [2.24, 2.45) is 0 Å². The van der Waals surface area contributed by atoms with Gasteiger partial charge < -0.3 is 19.9 Å². The van der Waals surface area contributed by atoms with Crippen molar-refractivity contribution < 1.29 is 19.5 Å². The summed E-state index contributed by atoms with van der Waals surface area (Å²) in [5.74, 6) is 0.970. The Bertz CT molecular complexity index is 1180. The van der Waals surface area contributed by atoms with Crippen LogP contribution in [0.3, 0.4) is 0 Å². The summed E-state index contributed by atoms with van der Waals surface area (Å²) in [6.45, 7) is 2.91. The van der Waals surface area contributed by atoms with Crippen LogP contribution in [0.5, 0.6) is 0 Å². The van der Waals surface area contributed by atoms with Gasteiger partial charge in [0.1, 0.15) is 11.2 Å². The fourth-order valence-corrected chi connectivity index (χ4v) is 5.17. The van der Waals surface area contributed by atoms with Crippen molar-refractivity contribution in [3.05, 3.63) is 78.1 Å². The van der Waals surface area contributed by atoms with Gasteiger partial charge in [-0.25, -0.2) is 4.98 Å². The molecule has 0 aliphatic carbocycles. The number of nitrogens with zero attached hydrogens (tertiary/aromatic N) is 4. The number of likely N-dealkylation sites (tertiary alicyclic amines) is 1. The van der Waals surface area contributed by atoms with Gasteiger partial charge in [0, 0.05) is 56.4 Å². The number of anilines is 1. The molecule has 2 aromatic heterocycles. The van der Waals surface area contributed by atoms with E-state index in [-0.39, 0.29) is 24.3 Å². The van der Waals surface area contributed by atoms with Gasteiger partial charge in [0.05, 0.1) is 6.04 Å². The van der Waals surface area contributed by atoms with Crippen LogP contribution in [0.1, 0.15) is 42.8 Å². The highest BCUT2D eigenvalue weighted by molar-refractivity contribution is 6.07. The maximum absolute atomic E-state index is 13.4. The molecule has 9 heteroatoms. The lowest BCUT2D eigenvalue weighted by atomic mass is 9.73. The number of carboxylic acid groups (broad SMARTS) is 1. The molecule has 2 amide bonds. The minimum atomic E-state index is -0.793. The summed E-state index contributed by atoms with van der Waals surface area (Å²) in [6, 6.07) is 11.3. The Balaban J connectivity index is 0.000000868. The van der Waals surface area contributed by atoms with Crippen molar-refractivity contribution in [1.29, 1.82) is 0 Å². The maximum Gasteiger partial charge on any atom is 0.290 e. The number of hydrogen-bond donors (Lipinski definition) is 2. The van der Waals surface area contributed by atoms with Crippen molar-refractivity contribution in [2.75, 3.05) is 11.9 Å². The SMILES string of the molecule is CCc1nccn1CCC(=O)N1CCC2(C(=O)Nc3ccccc32)C1c1cccnc1.O=CO. The Labute approximate surface area is 197 Å². The van der Waals surface area contributed by atoms with Gasteiger partial charge in [0.15, 0.2) is 0 Å². The molecule has 176 valence electrons. The molecule has 1 aromatic carbocycles. The number of carbonyl (C=O) groups is 3. The number of amides is 2. The van der Waals surface area contributed by atoms with Gasteiger partial charge in [0.2, 0.25) is 11.8 Å². The molecule has 1 saturated heterocycles. The van der Waals surface area contributed by atoms with Crippen molar-refractivity contribution in [2.45, 2.75) is 44.2 Å². The fraction of sp³-hybridized carbons (Fsp3) is 0.320. The maximum atomic E-state index is 13.4. The monoisotopic (exact) mass is 461 g/mol. The Morgan fingerprint density at radius 3 is 2.79 bits per heavy atom. The van der Waals surface area contributed by atoms with Crippen LogP contribution in [0, 0.1) is 0 Å². The zero-order valence-corrected chi connectivity index (χ0v) is 18.9. The molecule has 2 aliphatic rings. The van der Waals surface area contributed by atoms with Crippen LogP contribution in [-0.4, -0.2) is 49.4 Å². The molecule has 0 bridgehead atoms. The van der Waals surface area contributed by atoms with Crippen LogP contribution in [0.4, 0.5) is 5.69 Å². The van der Waals surface area contributed by atoms with E-state index in [1.54, 1.807) is 18.6 Å². The minimum absolute atomic E-state index is 0.0404. The third-order valence-electron chi connectivity index (χ3n) is 6.59. The molecular weight excluding hydrogens is 434 g/mol. The van der Waals surface area contributed by atoms with E-state index < -0.39 is 5.41 Å². The zero-order valence-electron chi connectivity index (χ0n) is 18.9.